The summed E-state index contributed by atoms with van der Waals surface area (Å²) in [6.07, 6.45) is 3.74. The van der Waals surface area contributed by atoms with Gasteiger partial charge in [-0.3, -0.25) is 9.13 Å². The highest BCUT2D eigenvalue weighted by molar-refractivity contribution is 8.60. The monoisotopic (exact) mass is 603 g/mol. The third-order valence-electron chi connectivity index (χ3n) is 5.81. The minimum absolute atomic E-state index is 0.294. The smallest absolute Gasteiger partial charge is 0.231 e. The molecule has 37 heavy (non-hydrogen) atoms. The fourth-order valence-corrected chi connectivity index (χ4v) is 7.71. The molecule has 0 bridgehead atoms. The predicted octanol–water partition coefficient (Wildman–Crippen LogP) is 8.72. The predicted molar refractivity (Wildman–Crippen MR) is 163 cm³/mol. The summed E-state index contributed by atoms with van der Waals surface area (Å²) < 4.78 is 29.7. The summed E-state index contributed by atoms with van der Waals surface area (Å²) in [7, 11) is 0.933. The summed E-state index contributed by atoms with van der Waals surface area (Å²) in [5.74, 6) is -0.940. The second-order valence-corrected chi connectivity index (χ2v) is 17.4. The van der Waals surface area contributed by atoms with Crippen LogP contribution < -0.4 is 10.0 Å². The summed E-state index contributed by atoms with van der Waals surface area (Å²) in [6, 6.07) is 23.9. The van der Waals surface area contributed by atoms with Crippen molar-refractivity contribution in [1.82, 2.24) is 0 Å². The molecule has 10 heteroatoms. The van der Waals surface area contributed by atoms with Gasteiger partial charge in [-0.1, -0.05) is 49.2 Å². The van der Waals surface area contributed by atoms with Crippen LogP contribution in [-0.4, -0.2) is 6.61 Å². The van der Waals surface area contributed by atoms with Crippen molar-refractivity contribution < 1.29 is 13.9 Å². The first-order chi connectivity index (χ1) is 17.7. The lowest BCUT2D eigenvalue weighted by Gasteiger charge is -2.16. The van der Waals surface area contributed by atoms with Gasteiger partial charge >= 0.3 is 0 Å². The zero-order chi connectivity index (χ0) is 26.8. The van der Waals surface area contributed by atoms with Gasteiger partial charge in [0.1, 0.15) is 5.75 Å². The number of nitrogens with zero attached hydrogens (tertiary/aromatic N) is 1. The molecule has 0 N–H and O–H groups in total. The minimum atomic E-state index is -1.71. The first-order valence-corrected chi connectivity index (χ1v) is 19.0. The van der Waals surface area contributed by atoms with Gasteiger partial charge in [-0.25, -0.2) is 0 Å². The Hall–Kier alpha value is -1.84. The fraction of sp³-hybridized carbons (Fsp3) is 0.296. The number of nitriles is 1. The van der Waals surface area contributed by atoms with E-state index in [2.05, 4.69) is 12.1 Å². The van der Waals surface area contributed by atoms with Crippen LogP contribution >= 0.6 is 23.7 Å². The van der Waals surface area contributed by atoms with Crippen molar-refractivity contribution >= 4 is 61.5 Å². The van der Waals surface area contributed by atoms with Crippen molar-refractivity contribution in [3.63, 3.8) is 0 Å². The number of hydrogen-bond acceptors (Lipinski definition) is 7. The van der Waals surface area contributed by atoms with E-state index >= 15 is 0 Å². The van der Waals surface area contributed by atoms with Crippen LogP contribution in [0.25, 0.3) is 22.3 Å². The molecule has 2 unspecified atom stereocenters. The maximum Gasteiger partial charge on any atom is 0.231 e. The quantitative estimate of drug-likeness (QED) is 0.151. The van der Waals surface area contributed by atoms with E-state index in [0.29, 0.717) is 6.61 Å². The third-order valence-corrected chi connectivity index (χ3v) is 11.3. The first-order valence-electron chi connectivity index (χ1n) is 11.7. The molecule has 0 saturated carbocycles. The van der Waals surface area contributed by atoms with Crippen molar-refractivity contribution in [2.24, 2.45) is 5.41 Å². The molecule has 4 nitrogen and oxygen atoms in total. The van der Waals surface area contributed by atoms with Gasteiger partial charge in [-0.15, -0.1) is 0 Å². The molecule has 0 fully saturated rings. The summed E-state index contributed by atoms with van der Waals surface area (Å²) >= 11 is 10.9. The largest absolute Gasteiger partial charge is 0.493 e. The van der Waals surface area contributed by atoms with Gasteiger partial charge in [-0.05, 0) is 118 Å². The molecule has 3 aromatic rings. The lowest BCUT2D eigenvalue weighted by atomic mass is 9.89. The Kier molecular flexibility index (Phi) is 11.5. The van der Waals surface area contributed by atoms with Gasteiger partial charge in [0.25, 0.3) is 0 Å². The van der Waals surface area contributed by atoms with Crippen LogP contribution in [0.4, 0.5) is 0 Å². The Morgan fingerprint density at radius 3 is 2.19 bits per heavy atom. The van der Waals surface area contributed by atoms with E-state index in [0.717, 1.165) is 73.4 Å². The van der Waals surface area contributed by atoms with Crippen LogP contribution in [0.2, 0.25) is 0 Å². The van der Waals surface area contributed by atoms with Crippen LogP contribution in [-0.2, 0) is 41.6 Å². The number of benzene rings is 3. The molecule has 0 spiro atoms. The molecule has 0 aliphatic heterocycles. The second-order valence-electron chi connectivity index (χ2n) is 9.08. The highest BCUT2D eigenvalue weighted by Crippen LogP contribution is 2.38. The van der Waals surface area contributed by atoms with Crippen LogP contribution in [0, 0.1) is 16.7 Å². The molecular weight excluding hydrogens is 577 g/mol. The number of hydrogen-bond donors (Lipinski definition) is 0. The molecule has 0 aliphatic carbocycles. The van der Waals surface area contributed by atoms with Crippen molar-refractivity contribution in [3.05, 3.63) is 66.7 Å². The molecule has 0 aliphatic rings. The summed E-state index contributed by atoms with van der Waals surface area (Å²) in [5.41, 5.74) is 3.67. The highest BCUT2D eigenvalue weighted by Gasteiger charge is 2.15. The van der Waals surface area contributed by atoms with Crippen molar-refractivity contribution in [2.75, 3.05) is 6.61 Å². The fourth-order valence-electron chi connectivity index (χ4n) is 3.74. The molecule has 0 saturated heterocycles. The maximum absolute atomic E-state index is 12.1. The first kappa shape index (κ1) is 29.7. The lowest BCUT2D eigenvalue weighted by molar-refractivity contribution is 0.301. The highest BCUT2D eigenvalue weighted by atomic mass is 32.9. The van der Waals surface area contributed by atoms with Gasteiger partial charge in [-0.2, -0.15) is 5.26 Å². The van der Waals surface area contributed by atoms with Crippen LogP contribution in [0.15, 0.2) is 71.6 Å². The molecule has 0 radical (unpaired) electrons. The summed E-state index contributed by atoms with van der Waals surface area (Å²) in [6.45, 7) is 2.88. The van der Waals surface area contributed by atoms with Crippen LogP contribution in [0.1, 0.15) is 39.5 Å². The van der Waals surface area contributed by atoms with Gasteiger partial charge in [0.05, 0.1) is 18.1 Å². The lowest BCUT2D eigenvalue weighted by Crippen LogP contribution is -2.07. The van der Waals surface area contributed by atoms with E-state index in [1.165, 1.54) is 11.4 Å². The van der Waals surface area contributed by atoms with Crippen LogP contribution in [0.3, 0.4) is 0 Å². The molecule has 2 atom stereocenters. The SMILES string of the molecule is CC(C)(C#N)CCCCCOc1cc(-c2ccc(SP(=O)=S)cc2)ccc1-c1ccc(P(=O)=S=S)cc1. The van der Waals surface area contributed by atoms with Crippen molar-refractivity contribution in [3.8, 4) is 34.1 Å². The third kappa shape index (κ3) is 9.14. The van der Waals surface area contributed by atoms with E-state index < -0.39 is 12.4 Å². The molecule has 192 valence electrons. The number of rotatable bonds is 12. The minimum Gasteiger partial charge on any atom is -0.493 e. The van der Waals surface area contributed by atoms with E-state index in [1.807, 2.05) is 74.5 Å². The standard InChI is InChI=1S/C27H27NO3P2S4/c1-27(2,19-28)16-4-3-5-17-31-26-18-22(20-8-13-24(14-9-20)36-33(30)34)10-15-25(26)21-6-11-23(12-7-21)32(29)37-35/h6-15,18H,3-5,16-17H2,1-2H3. The zero-order valence-electron chi connectivity index (χ0n) is 20.6. The van der Waals surface area contributed by atoms with Gasteiger partial charge in [0.15, 0.2) is 6.58 Å². The Morgan fingerprint density at radius 2 is 1.57 bits per heavy atom. The Morgan fingerprint density at radius 1 is 0.919 bits per heavy atom. The molecule has 3 aromatic carbocycles. The normalized spacial score (nSPS) is 11.9. The van der Waals surface area contributed by atoms with Gasteiger partial charge in [0.2, 0.25) is 5.78 Å². The molecule has 0 aromatic heterocycles. The Bertz CT molecular complexity index is 1440. The molecular formula is C27H27NO3P2S4. The molecule has 3 rings (SSSR count). The summed E-state index contributed by atoms with van der Waals surface area (Å²) in [5, 5.41) is 9.92. The number of unbranched alkanes of at least 4 members (excludes halogenated alkanes) is 2. The van der Waals surface area contributed by atoms with Crippen LogP contribution in [0.5, 0.6) is 5.75 Å². The molecule has 0 amide bonds. The summed E-state index contributed by atoms with van der Waals surface area (Å²) in [4.78, 5) is 0.878. The zero-order valence-corrected chi connectivity index (χ0v) is 25.6. The topological polar surface area (TPSA) is 67.2 Å². The molecule has 0 heterocycles. The van der Waals surface area contributed by atoms with E-state index in [9.17, 15) is 14.4 Å². The Balaban J connectivity index is 1.83. The maximum atomic E-state index is 12.1. The van der Waals surface area contributed by atoms with Crippen molar-refractivity contribution in [2.45, 2.75) is 44.4 Å². The Labute approximate surface area is 236 Å². The van der Waals surface area contributed by atoms with E-state index in [-0.39, 0.29) is 5.41 Å². The average molecular weight is 604 g/mol. The van der Waals surface area contributed by atoms with E-state index in [4.69, 9.17) is 27.7 Å². The average Bonchev–Trinajstić information content (AvgIpc) is 2.90. The second kappa shape index (κ2) is 14.4. The number of ether oxygens (including phenoxy) is 1. The van der Waals surface area contributed by atoms with E-state index in [1.54, 1.807) is 0 Å². The van der Waals surface area contributed by atoms with Gasteiger partial charge in [0, 0.05) is 15.8 Å². The van der Waals surface area contributed by atoms with Gasteiger partial charge < -0.3 is 4.74 Å². The van der Waals surface area contributed by atoms with Crippen molar-refractivity contribution in [1.29, 1.82) is 5.26 Å².